The van der Waals surface area contributed by atoms with Crippen LogP contribution in [0.2, 0.25) is 0 Å². The third-order valence-corrected chi connectivity index (χ3v) is 7.15. The zero-order valence-corrected chi connectivity index (χ0v) is 22.4. The molecular weight excluding hydrogens is 529 g/mol. The Morgan fingerprint density at radius 3 is 2.20 bits per heavy atom. The van der Waals surface area contributed by atoms with Gasteiger partial charge in [-0.1, -0.05) is 36.4 Å². The van der Waals surface area contributed by atoms with E-state index < -0.39 is 17.7 Å². The number of anilines is 1. The summed E-state index contributed by atoms with van der Waals surface area (Å²) in [5.41, 5.74) is 1.81. The van der Waals surface area contributed by atoms with Gasteiger partial charge in [0, 0.05) is 25.6 Å². The van der Waals surface area contributed by atoms with E-state index in [-0.39, 0.29) is 44.4 Å². The number of ether oxygens (including phenoxy) is 2. The Kier molecular flexibility index (Phi) is 9.33. The van der Waals surface area contributed by atoms with E-state index >= 15 is 0 Å². The van der Waals surface area contributed by atoms with Crippen molar-refractivity contribution in [3.63, 3.8) is 0 Å². The molecule has 41 heavy (non-hydrogen) atoms. The molecule has 4 aromatic carbocycles. The van der Waals surface area contributed by atoms with Crippen LogP contribution in [0.1, 0.15) is 19.0 Å². The number of hydrogen-bond acceptors (Lipinski definition) is 4. The number of benzene rings is 4. The van der Waals surface area contributed by atoms with Gasteiger partial charge in [0.1, 0.15) is 29.0 Å². The summed E-state index contributed by atoms with van der Waals surface area (Å²) < 4.78 is 52.6. The number of rotatable bonds is 11. The highest BCUT2D eigenvalue weighted by Crippen LogP contribution is 2.28. The first-order valence-corrected chi connectivity index (χ1v) is 13.6. The fraction of sp³-hybridized carbons (Fsp3) is 0.242. The molecule has 0 aromatic heterocycles. The van der Waals surface area contributed by atoms with Gasteiger partial charge in [-0.3, -0.25) is 9.69 Å². The minimum atomic E-state index is -0.593. The molecule has 0 unspecified atom stereocenters. The van der Waals surface area contributed by atoms with Crippen LogP contribution in [0.15, 0.2) is 97.1 Å². The van der Waals surface area contributed by atoms with Crippen molar-refractivity contribution in [3.05, 3.63) is 126 Å². The lowest BCUT2D eigenvalue weighted by Crippen LogP contribution is -2.40. The lowest BCUT2D eigenvalue weighted by molar-refractivity contribution is -0.122. The van der Waals surface area contributed by atoms with Crippen molar-refractivity contribution in [2.24, 2.45) is 5.92 Å². The quantitative estimate of drug-likeness (QED) is 0.196. The second-order valence-corrected chi connectivity index (χ2v) is 10.1. The SMILES string of the molecule is O=C(Nc1ccc(Oc2ccc(F)cc2)cc1)[C@@H]1C[C@@H](Cc2ccccc2)CN1COCCc1c(F)cccc1F.[HH]. The van der Waals surface area contributed by atoms with Crippen molar-refractivity contribution in [3.8, 4) is 11.5 Å². The maximum absolute atomic E-state index is 14.0. The van der Waals surface area contributed by atoms with Crippen molar-refractivity contribution >= 4 is 11.6 Å². The number of nitrogens with zero attached hydrogens (tertiary/aromatic N) is 1. The van der Waals surface area contributed by atoms with Crippen molar-refractivity contribution in [1.29, 1.82) is 0 Å². The molecule has 1 amide bonds. The summed E-state index contributed by atoms with van der Waals surface area (Å²) in [6.45, 7) is 0.955. The normalized spacial score (nSPS) is 17.0. The highest BCUT2D eigenvalue weighted by Gasteiger charge is 2.36. The summed E-state index contributed by atoms with van der Waals surface area (Å²) in [6.07, 6.45) is 1.58. The van der Waals surface area contributed by atoms with Gasteiger partial charge in [-0.05, 0) is 85.0 Å². The van der Waals surface area contributed by atoms with Crippen molar-refractivity contribution in [2.75, 3.05) is 25.2 Å². The minimum absolute atomic E-state index is 0. The van der Waals surface area contributed by atoms with Gasteiger partial charge >= 0.3 is 0 Å². The van der Waals surface area contributed by atoms with E-state index in [2.05, 4.69) is 17.4 Å². The van der Waals surface area contributed by atoms with E-state index in [0.29, 0.717) is 30.2 Å². The van der Waals surface area contributed by atoms with Crippen molar-refractivity contribution < 1.29 is 28.9 Å². The Balaban J connectivity index is 0.00000405. The smallest absolute Gasteiger partial charge is 0.241 e. The van der Waals surface area contributed by atoms with Gasteiger partial charge in [0.2, 0.25) is 5.91 Å². The molecule has 0 spiro atoms. The molecule has 8 heteroatoms. The molecule has 1 fully saturated rings. The van der Waals surface area contributed by atoms with Gasteiger partial charge < -0.3 is 14.8 Å². The maximum atomic E-state index is 14.0. The van der Waals surface area contributed by atoms with E-state index in [4.69, 9.17) is 9.47 Å². The predicted octanol–water partition coefficient (Wildman–Crippen LogP) is 7.23. The van der Waals surface area contributed by atoms with Crippen LogP contribution in [0, 0.1) is 23.4 Å². The van der Waals surface area contributed by atoms with Gasteiger partial charge in [0.25, 0.3) is 0 Å². The molecule has 1 N–H and O–H groups in total. The van der Waals surface area contributed by atoms with Crippen molar-refractivity contribution in [2.45, 2.75) is 25.3 Å². The molecule has 2 atom stereocenters. The average Bonchev–Trinajstić information content (AvgIpc) is 3.37. The number of nitrogens with one attached hydrogen (secondary N) is 1. The standard InChI is InChI=1S/C33H31F3N2O3.H2/c34-25-9-13-27(14-10-25)41-28-15-11-26(12-16-28)37-33(39)32-20-24(19-23-5-2-1-3-6-23)21-38(32)22-40-18-17-29-30(35)7-4-8-31(29)36;/h1-16,24,32H,17-22H2,(H,37,39);1H/t24-,32+;/m1./s1. The molecule has 214 valence electrons. The Labute approximate surface area is 239 Å². The molecule has 0 saturated carbocycles. The molecule has 0 aliphatic carbocycles. The maximum Gasteiger partial charge on any atom is 0.241 e. The van der Waals surface area contributed by atoms with Crippen LogP contribution >= 0.6 is 0 Å². The monoisotopic (exact) mass is 562 g/mol. The first-order valence-electron chi connectivity index (χ1n) is 13.6. The molecule has 1 aliphatic rings. The summed E-state index contributed by atoms with van der Waals surface area (Å²) >= 11 is 0. The Hall–Kier alpha value is -4.14. The van der Waals surface area contributed by atoms with Gasteiger partial charge in [-0.25, -0.2) is 13.2 Å². The van der Waals surface area contributed by atoms with Gasteiger partial charge in [-0.2, -0.15) is 0 Å². The van der Waals surface area contributed by atoms with Crippen LogP contribution in [0.5, 0.6) is 11.5 Å². The predicted molar refractivity (Wildman–Crippen MR) is 153 cm³/mol. The second kappa shape index (κ2) is 13.5. The molecule has 1 aliphatic heterocycles. The Morgan fingerprint density at radius 1 is 0.854 bits per heavy atom. The highest BCUT2D eigenvalue weighted by atomic mass is 19.1. The molecule has 1 saturated heterocycles. The molecule has 1 heterocycles. The molecule has 4 aromatic rings. The van der Waals surface area contributed by atoms with Crippen molar-refractivity contribution in [1.82, 2.24) is 4.90 Å². The lowest BCUT2D eigenvalue weighted by atomic mass is 9.96. The number of hydrogen-bond donors (Lipinski definition) is 1. The summed E-state index contributed by atoms with van der Waals surface area (Å²) in [5, 5.41) is 2.99. The Morgan fingerprint density at radius 2 is 1.51 bits per heavy atom. The largest absolute Gasteiger partial charge is 0.457 e. The van der Waals surface area contributed by atoms with Gasteiger partial charge in [-0.15, -0.1) is 0 Å². The van der Waals surface area contributed by atoms with Crippen LogP contribution in [-0.4, -0.2) is 36.7 Å². The molecule has 5 rings (SSSR count). The minimum Gasteiger partial charge on any atom is -0.457 e. The molecule has 0 radical (unpaired) electrons. The van der Waals surface area contributed by atoms with E-state index in [1.807, 2.05) is 23.1 Å². The Bertz CT molecular complexity index is 1420. The number of carbonyl (C=O) groups excluding carboxylic acids is 1. The third kappa shape index (κ3) is 7.74. The summed E-state index contributed by atoms with van der Waals surface area (Å²) in [4.78, 5) is 15.4. The van der Waals surface area contributed by atoms with Gasteiger partial charge in [0.15, 0.2) is 0 Å². The fourth-order valence-electron chi connectivity index (χ4n) is 5.11. The summed E-state index contributed by atoms with van der Waals surface area (Å²) in [6, 6.07) is 26.2. The third-order valence-electron chi connectivity index (χ3n) is 7.15. The topological polar surface area (TPSA) is 50.8 Å². The van der Waals surface area contributed by atoms with E-state index in [1.165, 1.54) is 35.9 Å². The second-order valence-electron chi connectivity index (χ2n) is 10.1. The molecular formula is C33H33F3N2O3. The zero-order valence-electron chi connectivity index (χ0n) is 22.4. The highest BCUT2D eigenvalue weighted by molar-refractivity contribution is 5.95. The number of likely N-dealkylation sites (tertiary alicyclic amines) is 1. The van der Waals surface area contributed by atoms with Crippen LogP contribution in [0.25, 0.3) is 0 Å². The lowest BCUT2D eigenvalue weighted by Gasteiger charge is -2.23. The van der Waals surface area contributed by atoms with E-state index in [0.717, 1.165) is 6.42 Å². The number of carbonyl (C=O) groups is 1. The van der Waals surface area contributed by atoms with E-state index in [1.54, 1.807) is 36.4 Å². The number of halogens is 3. The number of amides is 1. The van der Waals surface area contributed by atoms with Crippen LogP contribution in [0.3, 0.4) is 0 Å². The zero-order chi connectivity index (χ0) is 28.6. The van der Waals surface area contributed by atoms with Crippen LogP contribution < -0.4 is 10.1 Å². The summed E-state index contributed by atoms with van der Waals surface area (Å²) in [7, 11) is 0. The fourth-order valence-corrected chi connectivity index (χ4v) is 5.11. The first kappa shape index (κ1) is 28.4. The van der Waals surface area contributed by atoms with Crippen LogP contribution in [0.4, 0.5) is 18.9 Å². The summed E-state index contributed by atoms with van der Waals surface area (Å²) in [5.74, 6) is -0.379. The molecule has 5 nitrogen and oxygen atoms in total. The average molecular weight is 563 g/mol. The van der Waals surface area contributed by atoms with Gasteiger partial charge in [0.05, 0.1) is 19.4 Å². The molecule has 0 bridgehead atoms. The first-order chi connectivity index (χ1) is 19.9. The van der Waals surface area contributed by atoms with E-state index in [9.17, 15) is 18.0 Å². The van der Waals surface area contributed by atoms with Crippen LogP contribution in [-0.2, 0) is 22.4 Å².